The molecule has 1 fully saturated rings. The molecular formula is C18H27NO2. The maximum absolute atomic E-state index is 12.0. The van der Waals surface area contributed by atoms with Crippen LogP contribution in [0.5, 0.6) is 0 Å². The van der Waals surface area contributed by atoms with Crippen LogP contribution in [-0.4, -0.2) is 18.6 Å². The van der Waals surface area contributed by atoms with Gasteiger partial charge in [-0.3, -0.25) is 4.79 Å². The van der Waals surface area contributed by atoms with Crippen molar-refractivity contribution in [1.82, 2.24) is 5.32 Å². The Bertz CT molecular complexity index is 424. The van der Waals surface area contributed by atoms with Gasteiger partial charge in [0.15, 0.2) is 0 Å². The first kappa shape index (κ1) is 16.0. The molecule has 1 aliphatic rings. The van der Waals surface area contributed by atoms with E-state index < -0.39 is 0 Å². The van der Waals surface area contributed by atoms with E-state index in [1.54, 1.807) is 0 Å². The van der Waals surface area contributed by atoms with Crippen molar-refractivity contribution in [2.45, 2.75) is 52.2 Å². The Labute approximate surface area is 128 Å². The highest BCUT2D eigenvalue weighted by Gasteiger charge is 2.20. The van der Waals surface area contributed by atoms with E-state index in [1.807, 2.05) is 37.3 Å². The summed E-state index contributed by atoms with van der Waals surface area (Å²) < 4.78 is 5.37. The number of hydrogen-bond acceptors (Lipinski definition) is 3. The van der Waals surface area contributed by atoms with E-state index >= 15 is 0 Å². The minimum Gasteiger partial charge on any atom is -0.461 e. The maximum Gasteiger partial charge on any atom is 0.310 e. The Kier molecular flexibility index (Phi) is 6.24. The van der Waals surface area contributed by atoms with Crippen LogP contribution in [0.3, 0.4) is 0 Å². The van der Waals surface area contributed by atoms with Crippen LogP contribution in [0, 0.1) is 11.8 Å². The number of ether oxygens (including phenoxy) is 1. The molecule has 1 N–H and O–H groups in total. The van der Waals surface area contributed by atoms with Crippen LogP contribution in [0.2, 0.25) is 0 Å². The molecule has 0 aliphatic heterocycles. The number of carbonyl (C=O) groups excluding carboxylic acids is 1. The average Bonchev–Trinajstić information content (AvgIpc) is 2.52. The molecule has 1 saturated carbocycles. The molecule has 21 heavy (non-hydrogen) atoms. The van der Waals surface area contributed by atoms with Crippen molar-refractivity contribution in [3.8, 4) is 0 Å². The summed E-state index contributed by atoms with van der Waals surface area (Å²) >= 11 is 0. The SMILES string of the molecule is CC1CCC(NCC(C)C(=O)OCc2ccccc2)CC1. The van der Waals surface area contributed by atoms with E-state index in [0.717, 1.165) is 11.5 Å². The van der Waals surface area contributed by atoms with E-state index in [4.69, 9.17) is 4.74 Å². The van der Waals surface area contributed by atoms with Gasteiger partial charge in [0.25, 0.3) is 0 Å². The molecule has 0 radical (unpaired) electrons. The Morgan fingerprint density at radius 2 is 1.90 bits per heavy atom. The number of carbonyl (C=O) groups is 1. The van der Waals surface area contributed by atoms with Crippen LogP contribution in [0.15, 0.2) is 30.3 Å². The van der Waals surface area contributed by atoms with Crippen molar-refractivity contribution in [2.24, 2.45) is 11.8 Å². The lowest BCUT2D eigenvalue weighted by atomic mass is 9.87. The molecule has 1 atom stereocenters. The van der Waals surface area contributed by atoms with Crippen LogP contribution >= 0.6 is 0 Å². The number of esters is 1. The Balaban J connectivity index is 1.65. The summed E-state index contributed by atoms with van der Waals surface area (Å²) in [5.41, 5.74) is 1.03. The fraction of sp³-hybridized carbons (Fsp3) is 0.611. The van der Waals surface area contributed by atoms with Gasteiger partial charge in [-0.2, -0.15) is 0 Å². The summed E-state index contributed by atoms with van der Waals surface area (Å²) in [6, 6.07) is 10.4. The predicted molar refractivity (Wildman–Crippen MR) is 84.8 cm³/mol. The number of hydrogen-bond donors (Lipinski definition) is 1. The molecule has 3 heteroatoms. The number of rotatable bonds is 6. The standard InChI is InChI=1S/C18H27NO2/c1-14-8-10-17(11-9-14)19-12-15(2)18(20)21-13-16-6-4-3-5-7-16/h3-7,14-15,17,19H,8-13H2,1-2H3. The molecule has 3 nitrogen and oxygen atoms in total. The molecule has 1 unspecified atom stereocenters. The summed E-state index contributed by atoms with van der Waals surface area (Å²) in [4.78, 5) is 12.0. The third kappa shape index (κ3) is 5.50. The summed E-state index contributed by atoms with van der Waals surface area (Å²) in [7, 11) is 0. The monoisotopic (exact) mass is 289 g/mol. The van der Waals surface area contributed by atoms with Gasteiger partial charge < -0.3 is 10.1 Å². The minimum atomic E-state index is -0.115. The lowest BCUT2D eigenvalue weighted by Crippen LogP contribution is -2.37. The van der Waals surface area contributed by atoms with Crippen molar-refractivity contribution in [3.63, 3.8) is 0 Å². The quantitative estimate of drug-likeness (QED) is 0.814. The highest BCUT2D eigenvalue weighted by molar-refractivity contribution is 5.72. The lowest BCUT2D eigenvalue weighted by Gasteiger charge is -2.27. The van der Waals surface area contributed by atoms with Gasteiger partial charge in [-0.05, 0) is 37.2 Å². The molecule has 0 aromatic heterocycles. The van der Waals surface area contributed by atoms with Crippen LogP contribution in [0.25, 0.3) is 0 Å². The summed E-state index contributed by atoms with van der Waals surface area (Å²) in [6.45, 7) is 5.34. The predicted octanol–water partition coefficient (Wildman–Crippen LogP) is 3.53. The molecule has 0 heterocycles. The first-order valence-electron chi connectivity index (χ1n) is 8.09. The molecule has 1 aliphatic carbocycles. The van der Waals surface area contributed by atoms with E-state index in [2.05, 4.69) is 12.2 Å². The van der Waals surface area contributed by atoms with Gasteiger partial charge >= 0.3 is 5.97 Å². The minimum absolute atomic E-state index is 0.0898. The van der Waals surface area contributed by atoms with Crippen molar-refractivity contribution >= 4 is 5.97 Å². The molecule has 0 bridgehead atoms. The highest BCUT2D eigenvalue weighted by Crippen LogP contribution is 2.23. The lowest BCUT2D eigenvalue weighted by molar-refractivity contribution is -0.149. The summed E-state index contributed by atoms with van der Waals surface area (Å²) in [5, 5.41) is 3.52. The Morgan fingerprint density at radius 1 is 1.24 bits per heavy atom. The summed E-state index contributed by atoms with van der Waals surface area (Å²) in [5.74, 6) is 0.653. The topological polar surface area (TPSA) is 38.3 Å². The Morgan fingerprint density at radius 3 is 2.57 bits per heavy atom. The fourth-order valence-corrected chi connectivity index (χ4v) is 2.76. The third-order valence-corrected chi connectivity index (χ3v) is 4.35. The smallest absolute Gasteiger partial charge is 0.310 e. The van der Waals surface area contributed by atoms with Crippen LogP contribution in [0.4, 0.5) is 0 Å². The maximum atomic E-state index is 12.0. The highest BCUT2D eigenvalue weighted by atomic mass is 16.5. The van der Waals surface area contributed by atoms with Crippen LogP contribution in [-0.2, 0) is 16.1 Å². The van der Waals surface area contributed by atoms with Gasteiger partial charge in [0.2, 0.25) is 0 Å². The first-order valence-corrected chi connectivity index (χ1v) is 8.09. The molecule has 0 saturated heterocycles. The van der Waals surface area contributed by atoms with Gasteiger partial charge in [-0.1, -0.05) is 44.2 Å². The van der Waals surface area contributed by atoms with Gasteiger partial charge in [-0.25, -0.2) is 0 Å². The zero-order valence-electron chi connectivity index (χ0n) is 13.2. The van der Waals surface area contributed by atoms with Crippen molar-refractivity contribution < 1.29 is 9.53 Å². The number of nitrogens with one attached hydrogen (secondary N) is 1. The van der Waals surface area contributed by atoms with Crippen molar-refractivity contribution in [1.29, 1.82) is 0 Å². The zero-order valence-corrected chi connectivity index (χ0v) is 13.2. The molecule has 116 valence electrons. The van der Waals surface area contributed by atoms with Crippen LogP contribution < -0.4 is 5.32 Å². The van der Waals surface area contributed by atoms with Gasteiger partial charge in [-0.15, -0.1) is 0 Å². The largest absolute Gasteiger partial charge is 0.461 e. The van der Waals surface area contributed by atoms with Gasteiger partial charge in [0, 0.05) is 12.6 Å². The van der Waals surface area contributed by atoms with E-state index in [0.29, 0.717) is 19.2 Å². The van der Waals surface area contributed by atoms with Crippen molar-refractivity contribution in [3.05, 3.63) is 35.9 Å². The summed E-state index contributed by atoms with van der Waals surface area (Å²) in [6.07, 6.45) is 5.05. The molecule has 1 aromatic carbocycles. The molecule has 0 spiro atoms. The average molecular weight is 289 g/mol. The second kappa shape index (κ2) is 8.18. The second-order valence-electron chi connectivity index (χ2n) is 6.36. The molecular weight excluding hydrogens is 262 g/mol. The number of benzene rings is 1. The normalized spacial score (nSPS) is 23.5. The molecule has 1 aromatic rings. The first-order chi connectivity index (χ1) is 10.1. The second-order valence-corrected chi connectivity index (χ2v) is 6.36. The van der Waals surface area contributed by atoms with E-state index in [1.165, 1.54) is 25.7 Å². The van der Waals surface area contributed by atoms with E-state index in [-0.39, 0.29) is 11.9 Å². The Hall–Kier alpha value is -1.35. The van der Waals surface area contributed by atoms with Crippen LogP contribution in [0.1, 0.15) is 45.1 Å². The van der Waals surface area contributed by atoms with Crippen molar-refractivity contribution in [2.75, 3.05) is 6.54 Å². The van der Waals surface area contributed by atoms with E-state index in [9.17, 15) is 4.79 Å². The van der Waals surface area contributed by atoms with Gasteiger partial charge in [0.05, 0.1) is 5.92 Å². The zero-order chi connectivity index (χ0) is 15.1. The van der Waals surface area contributed by atoms with Gasteiger partial charge in [0.1, 0.15) is 6.61 Å². The molecule has 0 amide bonds. The fourth-order valence-electron chi connectivity index (χ4n) is 2.76. The molecule has 2 rings (SSSR count). The third-order valence-electron chi connectivity index (χ3n) is 4.35.